The summed E-state index contributed by atoms with van der Waals surface area (Å²) in [6.07, 6.45) is 0. The van der Waals surface area contributed by atoms with E-state index in [1.54, 1.807) is 6.92 Å². The Labute approximate surface area is 107 Å². The van der Waals surface area contributed by atoms with Crippen molar-refractivity contribution in [2.75, 3.05) is 0 Å². The monoisotopic (exact) mass is 258 g/mol. The van der Waals surface area contributed by atoms with E-state index in [4.69, 9.17) is 4.42 Å². The van der Waals surface area contributed by atoms with Crippen LogP contribution in [0, 0.1) is 6.92 Å². The predicted molar refractivity (Wildman–Crippen MR) is 69.7 cm³/mol. The van der Waals surface area contributed by atoms with Gasteiger partial charge in [0.15, 0.2) is 11.3 Å². The molecule has 96 valence electrons. The third-order valence-corrected chi connectivity index (χ3v) is 3.15. The molecule has 0 amide bonds. The standard InChI is InChI=1S/C14H10O5/c1-6-4-9-8(5-11(6)16)7-2-3-10(15)12(17)13(7)19-14(9)18/h2-5,15-17H,1H3. The molecule has 2 aromatic carbocycles. The highest BCUT2D eigenvalue weighted by molar-refractivity contribution is 6.07. The molecule has 0 unspecified atom stereocenters. The molecule has 0 saturated heterocycles. The fourth-order valence-corrected chi connectivity index (χ4v) is 2.11. The second kappa shape index (κ2) is 3.65. The zero-order valence-electron chi connectivity index (χ0n) is 9.97. The molecular weight excluding hydrogens is 248 g/mol. The molecular formula is C14H10O5. The smallest absolute Gasteiger partial charge is 0.344 e. The number of hydrogen-bond acceptors (Lipinski definition) is 5. The van der Waals surface area contributed by atoms with E-state index in [1.807, 2.05) is 0 Å². The fraction of sp³-hybridized carbons (Fsp3) is 0.0714. The Kier molecular flexibility index (Phi) is 2.19. The summed E-state index contributed by atoms with van der Waals surface area (Å²) in [6, 6.07) is 5.79. The van der Waals surface area contributed by atoms with E-state index >= 15 is 0 Å². The molecule has 5 nitrogen and oxygen atoms in total. The van der Waals surface area contributed by atoms with Crippen molar-refractivity contribution in [1.82, 2.24) is 0 Å². The summed E-state index contributed by atoms with van der Waals surface area (Å²) in [5.41, 5.74) is -0.172. The van der Waals surface area contributed by atoms with Gasteiger partial charge >= 0.3 is 5.63 Å². The average Bonchev–Trinajstić information content (AvgIpc) is 2.37. The van der Waals surface area contributed by atoms with Crippen LogP contribution in [0.1, 0.15) is 5.56 Å². The van der Waals surface area contributed by atoms with Gasteiger partial charge in [0.1, 0.15) is 5.75 Å². The summed E-state index contributed by atoms with van der Waals surface area (Å²) in [6.45, 7) is 1.67. The van der Waals surface area contributed by atoms with Crippen LogP contribution in [0.2, 0.25) is 0 Å². The number of aryl methyl sites for hydroxylation is 1. The molecule has 3 aromatic rings. The lowest BCUT2D eigenvalue weighted by Gasteiger charge is -2.07. The third kappa shape index (κ3) is 1.52. The van der Waals surface area contributed by atoms with Crippen molar-refractivity contribution in [3.05, 3.63) is 40.2 Å². The molecule has 0 aliphatic heterocycles. The molecule has 1 heterocycles. The normalized spacial score (nSPS) is 11.2. The van der Waals surface area contributed by atoms with Gasteiger partial charge in [0.25, 0.3) is 0 Å². The third-order valence-electron chi connectivity index (χ3n) is 3.15. The van der Waals surface area contributed by atoms with Crippen molar-refractivity contribution in [3.63, 3.8) is 0 Å². The van der Waals surface area contributed by atoms with Gasteiger partial charge in [-0.05, 0) is 36.8 Å². The van der Waals surface area contributed by atoms with Crippen LogP contribution in [-0.4, -0.2) is 15.3 Å². The highest BCUT2D eigenvalue weighted by Crippen LogP contribution is 2.36. The number of phenolic OH excluding ortho intramolecular Hbond substituents is 3. The van der Waals surface area contributed by atoms with Crippen LogP contribution in [0.15, 0.2) is 33.5 Å². The zero-order valence-corrected chi connectivity index (χ0v) is 9.97. The first-order chi connectivity index (χ1) is 8.99. The molecule has 0 radical (unpaired) electrons. The van der Waals surface area contributed by atoms with Crippen molar-refractivity contribution in [1.29, 1.82) is 0 Å². The first kappa shape index (κ1) is 11.4. The second-order valence-electron chi connectivity index (χ2n) is 4.38. The minimum absolute atomic E-state index is 0.0481. The van der Waals surface area contributed by atoms with Gasteiger partial charge in [-0.25, -0.2) is 4.79 Å². The lowest BCUT2D eigenvalue weighted by atomic mass is 10.0. The van der Waals surface area contributed by atoms with E-state index in [2.05, 4.69) is 0 Å². The summed E-state index contributed by atoms with van der Waals surface area (Å²) in [4.78, 5) is 11.9. The topological polar surface area (TPSA) is 90.9 Å². The van der Waals surface area contributed by atoms with E-state index in [0.29, 0.717) is 21.7 Å². The molecule has 1 aromatic heterocycles. The SMILES string of the molecule is Cc1cc2c(=O)oc3c(O)c(O)ccc3c2cc1O. The first-order valence-electron chi connectivity index (χ1n) is 5.60. The highest BCUT2D eigenvalue weighted by atomic mass is 16.4. The lowest BCUT2D eigenvalue weighted by molar-refractivity contribution is 0.398. The molecule has 0 bridgehead atoms. The Bertz CT molecular complexity index is 877. The van der Waals surface area contributed by atoms with Crippen molar-refractivity contribution in [3.8, 4) is 17.2 Å². The minimum atomic E-state index is -0.633. The second-order valence-corrected chi connectivity index (χ2v) is 4.38. The number of fused-ring (bicyclic) bond motifs is 3. The van der Waals surface area contributed by atoms with E-state index in [-0.39, 0.29) is 17.1 Å². The number of aromatic hydroxyl groups is 3. The van der Waals surface area contributed by atoms with Gasteiger partial charge < -0.3 is 19.7 Å². The van der Waals surface area contributed by atoms with Crippen LogP contribution >= 0.6 is 0 Å². The van der Waals surface area contributed by atoms with Crippen molar-refractivity contribution in [2.45, 2.75) is 6.92 Å². The Morgan fingerprint density at radius 1 is 0.947 bits per heavy atom. The number of rotatable bonds is 0. The van der Waals surface area contributed by atoms with E-state index in [0.717, 1.165) is 0 Å². The number of phenols is 3. The summed E-state index contributed by atoms with van der Waals surface area (Å²) in [5, 5.41) is 30.1. The minimum Gasteiger partial charge on any atom is -0.508 e. The van der Waals surface area contributed by atoms with Gasteiger partial charge in [0, 0.05) is 10.8 Å². The van der Waals surface area contributed by atoms with Crippen LogP contribution in [-0.2, 0) is 0 Å². The van der Waals surface area contributed by atoms with E-state index in [9.17, 15) is 20.1 Å². The Hall–Kier alpha value is -2.69. The molecule has 0 spiro atoms. The molecule has 0 aliphatic carbocycles. The fourth-order valence-electron chi connectivity index (χ4n) is 2.11. The van der Waals surface area contributed by atoms with Crippen LogP contribution in [0.5, 0.6) is 17.2 Å². The van der Waals surface area contributed by atoms with Gasteiger partial charge in [-0.3, -0.25) is 0 Å². The summed E-state index contributed by atoms with van der Waals surface area (Å²) in [5.74, 6) is -0.810. The van der Waals surface area contributed by atoms with Crippen molar-refractivity contribution < 1.29 is 19.7 Å². The first-order valence-corrected chi connectivity index (χ1v) is 5.60. The average molecular weight is 258 g/mol. The van der Waals surface area contributed by atoms with Gasteiger partial charge in [0.2, 0.25) is 5.75 Å². The summed E-state index contributed by atoms with van der Waals surface area (Å²) >= 11 is 0. The van der Waals surface area contributed by atoms with Gasteiger partial charge in [-0.15, -0.1) is 0 Å². The van der Waals surface area contributed by atoms with E-state index in [1.165, 1.54) is 24.3 Å². The Morgan fingerprint density at radius 2 is 1.68 bits per heavy atom. The van der Waals surface area contributed by atoms with Gasteiger partial charge in [0.05, 0.1) is 5.39 Å². The van der Waals surface area contributed by atoms with Gasteiger partial charge in [-0.2, -0.15) is 0 Å². The van der Waals surface area contributed by atoms with Crippen LogP contribution in [0.4, 0.5) is 0 Å². The highest BCUT2D eigenvalue weighted by Gasteiger charge is 2.14. The van der Waals surface area contributed by atoms with Crippen LogP contribution in [0.25, 0.3) is 21.7 Å². The summed E-state index contributed by atoms with van der Waals surface area (Å²) in [7, 11) is 0. The molecule has 3 rings (SSSR count). The number of benzene rings is 2. The molecule has 0 atom stereocenters. The molecule has 19 heavy (non-hydrogen) atoms. The Balaban J connectivity index is 2.64. The number of hydrogen-bond donors (Lipinski definition) is 3. The van der Waals surface area contributed by atoms with Crippen molar-refractivity contribution >= 4 is 21.7 Å². The molecule has 5 heteroatoms. The largest absolute Gasteiger partial charge is 0.508 e. The zero-order chi connectivity index (χ0) is 13.7. The molecule has 0 aliphatic rings. The molecule has 3 N–H and O–H groups in total. The maximum absolute atomic E-state index is 11.9. The maximum atomic E-state index is 11.9. The summed E-state index contributed by atoms with van der Waals surface area (Å²) < 4.78 is 5.03. The molecule has 0 saturated carbocycles. The maximum Gasteiger partial charge on any atom is 0.344 e. The van der Waals surface area contributed by atoms with Crippen molar-refractivity contribution in [2.24, 2.45) is 0 Å². The van der Waals surface area contributed by atoms with Gasteiger partial charge in [-0.1, -0.05) is 0 Å². The lowest BCUT2D eigenvalue weighted by Crippen LogP contribution is -2.00. The predicted octanol–water partition coefficient (Wildman–Crippen LogP) is 2.37. The van der Waals surface area contributed by atoms with E-state index < -0.39 is 11.4 Å². The Morgan fingerprint density at radius 3 is 2.42 bits per heavy atom. The molecule has 0 fully saturated rings. The van der Waals surface area contributed by atoms with Crippen LogP contribution < -0.4 is 5.63 Å². The quantitative estimate of drug-likeness (QED) is 0.327. The van der Waals surface area contributed by atoms with Crippen LogP contribution in [0.3, 0.4) is 0 Å².